The zero-order chi connectivity index (χ0) is 21.8. The second-order valence-corrected chi connectivity index (χ2v) is 7.75. The van der Waals surface area contributed by atoms with E-state index in [-0.39, 0.29) is 17.5 Å². The van der Waals surface area contributed by atoms with Gasteiger partial charge in [-0.05, 0) is 69.0 Å². The van der Waals surface area contributed by atoms with E-state index in [1.165, 1.54) is 5.56 Å². The Balaban J connectivity index is 2.32. The van der Waals surface area contributed by atoms with E-state index in [0.29, 0.717) is 36.1 Å². The fourth-order valence-corrected chi connectivity index (χ4v) is 3.96. The van der Waals surface area contributed by atoms with Gasteiger partial charge in [0.05, 0.1) is 22.6 Å². The van der Waals surface area contributed by atoms with Crippen molar-refractivity contribution in [1.29, 1.82) is 0 Å². The van der Waals surface area contributed by atoms with Crippen molar-refractivity contribution in [3.8, 4) is 5.69 Å². The molecule has 0 aliphatic heterocycles. The highest BCUT2D eigenvalue weighted by molar-refractivity contribution is 5.79. The lowest BCUT2D eigenvalue weighted by molar-refractivity contribution is -0.133. The lowest BCUT2D eigenvalue weighted by Gasteiger charge is -2.31. The molecule has 1 aromatic heterocycles. The lowest BCUT2D eigenvalue weighted by atomic mass is 10.1. The van der Waals surface area contributed by atoms with E-state index in [1.54, 1.807) is 4.57 Å². The molecular weight excluding hydrogens is 374 g/mol. The van der Waals surface area contributed by atoms with Crippen molar-refractivity contribution in [2.45, 2.75) is 59.9 Å². The molecule has 0 radical (unpaired) electrons. The first-order chi connectivity index (χ1) is 14.4. The molecule has 0 aliphatic carbocycles. The first kappa shape index (κ1) is 21.8. The van der Waals surface area contributed by atoms with E-state index in [9.17, 15) is 9.59 Å². The number of fused-ring (bicyclic) bond motifs is 1. The third-order valence-corrected chi connectivity index (χ3v) is 5.74. The second-order valence-electron chi connectivity index (χ2n) is 7.75. The molecule has 3 rings (SSSR count). The van der Waals surface area contributed by atoms with Crippen molar-refractivity contribution in [2.75, 3.05) is 6.54 Å². The number of carbonyl (C=O) groups excluding carboxylic acids is 1. The number of nitrogens with zero attached hydrogens (tertiary/aromatic N) is 3. The summed E-state index contributed by atoms with van der Waals surface area (Å²) in [6.45, 7) is 10.7. The van der Waals surface area contributed by atoms with Gasteiger partial charge in [0.2, 0.25) is 5.91 Å². The van der Waals surface area contributed by atoms with E-state index in [2.05, 4.69) is 6.92 Å². The Hall–Kier alpha value is -2.95. The van der Waals surface area contributed by atoms with Gasteiger partial charge >= 0.3 is 0 Å². The van der Waals surface area contributed by atoms with Crippen LogP contribution in [0.25, 0.3) is 16.6 Å². The van der Waals surface area contributed by atoms with E-state index in [0.717, 1.165) is 17.7 Å². The summed E-state index contributed by atoms with van der Waals surface area (Å²) in [5, 5.41) is 0.581. The first-order valence-corrected chi connectivity index (χ1v) is 10.8. The molecule has 1 atom stereocenters. The number of hydrogen-bond donors (Lipinski definition) is 0. The highest BCUT2D eigenvalue weighted by Gasteiger charge is 2.27. The molecule has 1 heterocycles. The standard InChI is InChI=1S/C25H31N3O2/c1-6-11-23(29)27(8-3)22(7-2)24-26-21-13-10-9-12-20(21)25(30)28(24)19-15-14-17(4)18(5)16-19/h9-10,12-16,22H,6-8,11H2,1-5H3. The average molecular weight is 406 g/mol. The van der Waals surface area contributed by atoms with Crippen LogP contribution in [0.5, 0.6) is 0 Å². The molecule has 0 aliphatic rings. The largest absolute Gasteiger partial charge is 0.333 e. The summed E-state index contributed by atoms with van der Waals surface area (Å²) in [5.74, 6) is 0.719. The minimum absolute atomic E-state index is 0.0981. The Kier molecular flexibility index (Phi) is 6.70. The molecule has 0 saturated heterocycles. The molecule has 0 fully saturated rings. The van der Waals surface area contributed by atoms with Crippen molar-refractivity contribution in [3.63, 3.8) is 0 Å². The van der Waals surface area contributed by atoms with Gasteiger partial charge in [0.15, 0.2) is 0 Å². The van der Waals surface area contributed by atoms with Gasteiger partial charge in [-0.1, -0.05) is 32.0 Å². The van der Waals surface area contributed by atoms with Crippen molar-refractivity contribution >= 4 is 16.8 Å². The van der Waals surface area contributed by atoms with Crippen LogP contribution in [-0.2, 0) is 4.79 Å². The fraction of sp³-hybridized carbons (Fsp3) is 0.400. The third-order valence-electron chi connectivity index (χ3n) is 5.74. The molecule has 0 bridgehead atoms. The topological polar surface area (TPSA) is 55.2 Å². The van der Waals surface area contributed by atoms with Crippen LogP contribution in [0, 0.1) is 13.8 Å². The van der Waals surface area contributed by atoms with Crippen molar-refractivity contribution < 1.29 is 4.79 Å². The Morgan fingerprint density at radius 2 is 1.80 bits per heavy atom. The number of carbonyl (C=O) groups is 1. The quantitative estimate of drug-likeness (QED) is 0.549. The van der Waals surface area contributed by atoms with Gasteiger partial charge in [-0.25, -0.2) is 4.98 Å². The molecule has 3 aromatic rings. The van der Waals surface area contributed by atoms with Gasteiger partial charge in [-0.15, -0.1) is 0 Å². The number of benzene rings is 2. The summed E-state index contributed by atoms with van der Waals surface area (Å²) in [5.41, 5.74) is 3.63. The van der Waals surface area contributed by atoms with Crippen molar-refractivity contribution in [3.05, 3.63) is 69.8 Å². The number of para-hydroxylation sites is 1. The monoisotopic (exact) mass is 405 g/mol. The van der Waals surface area contributed by atoms with Gasteiger partial charge in [0.25, 0.3) is 5.56 Å². The maximum absolute atomic E-state index is 13.6. The second kappa shape index (κ2) is 9.24. The van der Waals surface area contributed by atoms with Crippen LogP contribution >= 0.6 is 0 Å². The summed E-state index contributed by atoms with van der Waals surface area (Å²) in [6, 6.07) is 13.2. The van der Waals surface area contributed by atoms with Crippen LogP contribution in [0.4, 0.5) is 0 Å². The summed E-state index contributed by atoms with van der Waals surface area (Å²) in [6.07, 6.45) is 1.96. The molecule has 0 saturated carbocycles. The van der Waals surface area contributed by atoms with Crippen molar-refractivity contribution in [2.24, 2.45) is 0 Å². The SMILES string of the molecule is CCCC(=O)N(CC)C(CC)c1nc2ccccc2c(=O)n1-c1ccc(C)c(C)c1. The highest BCUT2D eigenvalue weighted by Crippen LogP contribution is 2.27. The molecule has 2 aromatic carbocycles. The maximum atomic E-state index is 13.6. The molecular formula is C25H31N3O2. The molecule has 0 spiro atoms. The zero-order valence-electron chi connectivity index (χ0n) is 18.6. The van der Waals surface area contributed by atoms with Gasteiger partial charge in [-0.2, -0.15) is 0 Å². The lowest BCUT2D eigenvalue weighted by Crippen LogP contribution is -2.38. The molecule has 1 amide bonds. The van der Waals surface area contributed by atoms with Crippen LogP contribution < -0.4 is 5.56 Å². The smallest absolute Gasteiger partial charge is 0.266 e. The highest BCUT2D eigenvalue weighted by atomic mass is 16.2. The number of hydrogen-bond acceptors (Lipinski definition) is 3. The number of rotatable bonds is 7. The maximum Gasteiger partial charge on any atom is 0.266 e. The fourth-order valence-electron chi connectivity index (χ4n) is 3.96. The van der Waals surface area contributed by atoms with Gasteiger partial charge in [-0.3, -0.25) is 14.2 Å². The van der Waals surface area contributed by atoms with Crippen LogP contribution in [0.1, 0.15) is 63.0 Å². The predicted octanol–water partition coefficient (Wildman–Crippen LogP) is 5.10. The van der Waals surface area contributed by atoms with E-state index in [4.69, 9.17) is 4.98 Å². The Morgan fingerprint density at radius 1 is 1.07 bits per heavy atom. The Labute approximate surface area is 178 Å². The van der Waals surface area contributed by atoms with Crippen LogP contribution in [0.3, 0.4) is 0 Å². The summed E-state index contributed by atoms with van der Waals surface area (Å²) in [4.78, 5) is 33.2. The molecule has 0 N–H and O–H groups in total. The predicted molar refractivity (Wildman–Crippen MR) is 122 cm³/mol. The molecule has 1 unspecified atom stereocenters. The minimum atomic E-state index is -0.270. The summed E-state index contributed by atoms with van der Waals surface area (Å²) >= 11 is 0. The van der Waals surface area contributed by atoms with Crippen LogP contribution in [0.15, 0.2) is 47.3 Å². The molecule has 158 valence electrons. The van der Waals surface area contributed by atoms with Crippen molar-refractivity contribution in [1.82, 2.24) is 14.5 Å². The number of amides is 1. The van der Waals surface area contributed by atoms with E-state index in [1.807, 2.05) is 75.1 Å². The molecule has 5 heteroatoms. The molecule has 5 nitrogen and oxygen atoms in total. The van der Waals surface area contributed by atoms with E-state index < -0.39 is 0 Å². The molecule has 30 heavy (non-hydrogen) atoms. The zero-order valence-corrected chi connectivity index (χ0v) is 18.6. The minimum Gasteiger partial charge on any atom is -0.333 e. The Morgan fingerprint density at radius 3 is 2.43 bits per heavy atom. The Bertz CT molecular complexity index is 1120. The first-order valence-electron chi connectivity index (χ1n) is 10.8. The number of aryl methyl sites for hydroxylation is 2. The number of aromatic nitrogens is 2. The van der Waals surface area contributed by atoms with Crippen LogP contribution in [-0.4, -0.2) is 26.9 Å². The van der Waals surface area contributed by atoms with Crippen LogP contribution in [0.2, 0.25) is 0 Å². The third kappa shape index (κ3) is 4.02. The normalized spacial score (nSPS) is 12.2. The van der Waals surface area contributed by atoms with Gasteiger partial charge in [0, 0.05) is 13.0 Å². The summed E-state index contributed by atoms with van der Waals surface area (Å²) in [7, 11) is 0. The average Bonchev–Trinajstić information content (AvgIpc) is 2.74. The summed E-state index contributed by atoms with van der Waals surface area (Å²) < 4.78 is 1.70. The van der Waals surface area contributed by atoms with Gasteiger partial charge < -0.3 is 4.90 Å². The van der Waals surface area contributed by atoms with Gasteiger partial charge in [0.1, 0.15) is 5.82 Å². The van der Waals surface area contributed by atoms with E-state index >= 15 is 0 Å².